The first kappa shape index (κ1) is 18.2. The molecule has 1 fully saturated rings. The first-order valence-corrected chi connectivity index (χ1v) is 10.4. The minimum absolute atomic E-state index is 0.0353. The summed E-state index contributed by atoms with van der Waals surface area (Å²) in [5.41, 5.74) is 5.90. The van der Waals surface area contributed by atoms with Crippen LogP contribution in [0.25, 0.3) is 33.4 Å². The van der Waals surface area contributed by atoms with E-state index in [9.17, 15) is 5.11 Å². The Bertz CT molecular complexity index is 1150. The molecule has 0 saturated carbocycles. The van der Waals surface area contributed by atoms with E-state index in [1.54, 1.807) is 6.33 Å². The lowest BCUT2D eigenvalue weighted by Gasteiger charge is -2.29. The maximum Gasteiger partial charge on any atom is 0.119 e. The van der Waals surface area contributed by atoms with Gasteiger partial charge in [-0.05, 0) is 24.3 Å². The van der Waals surface area contributed by atoms with Gasteiger partial charge in [-0.15, -0.1) is 11.3 Å². The summed E-state index contributed by atoms with van der Waals surface area (Å²) in [5, 5.41) is 13.0. The number of fused-ring (bicyclic) bond motifs is 1. The fraction of sp³-hybridized carbons (Fsp3) is 0.227. The summed E-state index contributed by atoms with van der Waals surface area (Å²) in [6, 6.07) is 14.6. The Kier molecular flexibility index (Phi) is 4.93. The Morgan fingerprint density at radius 3 is 2.72 bits per heavy atom. The van der Waals surface area contributed by atoms with Crippen molar-refractivity contribution in [3.63, 3.8) is 0 Å². The van der Waals surface area contributed by atoms with Gasteiger partial charge in [-0.3, -0.25) is 0 Å². The first-order valence-electron chi connectivity index (χ1n) is 9.55. The Balaban J connectivity index is 1.54. The zero-order valence-electron chi connectivity index (χ0n) is 15.8. The molecule has 0 atom stereocenters. The molecular weight excluding hydrogens is 384 g/mol. The molecule has 2 aromatic heterocycles. The van der Waals surface area contributed by atoms with Crippen LogP contribution in [0.5, 0.6) is 0 Å². The van der Waals surface area contributed by atoms with Gasteiger partial charge < -0.3 is 14.7 Å². The molecule has 0 bridgehead atoms. The van der Waals surface area contributed by atoms with Crippen LogP contribution in [-0.4, -0.2) is 46.4 Å². The van der Waals surface area contributed by atoms with Crippen LogP contribution < -0.4 is 4.90 Å². The zero-order valence-corrected chi connectivity index (χ0v) is 16.6. The molecule has 0 radical (unpaired) electrons. The molecule has 3 heterocycles. The van der Waals surface area contributed by atoms with Crippen LogP contribution in [0.2, 0.25) is 0 Å². The van der Waals surface area contributed by atoms with Crippen molar-refractivity contribution in [2.45, 2.75) is 6.61 Å². The molecule has 0 unspecified atom stereocenters. The molecule has 1 aliphatic rings. The van der Waals surface area contributed by atoms with Gasteiger partial charge >= 0.3 is 0 Å². The van der Waals surface area contributed by atoms with E-state index >= 15 is 0 Å². The minimum atomic E-state index is -0.0353. The van der Waals surface area contributed by atoms with Crippen molar-refractivity contribution in [2.75, 3.05) is 31.2 Å². The topological polar surface area (TPSA) is 71.4 Å². The summed E-state index contributed by atoms with van der Waals surface area (Å²) in [5.74, 6) is 0. The van der Waals surface area contributed by atoms with Gasteiger partial charge in [0, 0.05) is 40.7 Å². The van der Waals surface area contributed by atoms with Gasteiger partial charge in [-0.2, -0.15) is 0 Å². The molecule has 0 spiro atoms. The molecule has 0 aliphatic carbocycles. The predicted molar refractivity (Wildman–Crippen MR) is 115 cm³/mol. The van der Waals surface area contributed by atoms with Gasteiger partial charge in [0.05, 0.1) is 36.7 Å². The second-order valence-corrected chi connectivity index (χ2v) is 7.83. The highest BCUT2D eigenvalue weighted by molar-refractivity contribution is 7.09. The lowest BCUT2D eigenvalue weighted by Crippen LogP contribution is -2.36. The van der Waals surface area contributed by atoms with Crippen molar-refractivity contribution in [1.29, 1.82) is 0 Å². The monoisotopic (exact) mass is 404 g/mol. The van der Waals surface area contributed by atoms with Crippen LogP contribution in [-0.2, 0) is 11.3 Å². The molecule has 5 rings (SSSR count). The van der Waals surface area contributed by atoms with E-state index in [1.807, 2.05) is 17.5 Å². The maximum atomic E-state index is 9.29. The Morgan fingerprint density at radius 2 is 1.90 bits per heavy atom. The molecule has 146 valence electrons. The molecule has 7 heteroatoms. The lowest BCUT2D eigenvalue weighted by molar-refractivity contribution is 0.122. The number of rotatable bonds is 4. The van der Waals surface area contributed by atoms with E-state index < -0.39 is 0 Å². The van der Waals surface area contributed by atoms with Gasteiger partial charge in [-0.1, -0.05) is 18.2 Å². The maximum absolute atomic E-state index is 9.29. The third-order valence-corrected chi connectivity index (χ3v) is 5.95. The summed E-state index contributed by atoms with van der Waals surface area (Å²) in [6.07, 6.45) is 1.63. The van der Waals surface area contributed by atoms with Gasteiger partial charge in [0.25, 0.3) is 0 Å². The van der Waals surface area contributed by atoms with Crippen LogP contribution in [0.15, 0.2) is 54.2 Å². The number of aromatic nitrogens is 3. The van der Waals surface area contributed by atoms with Gasteiger partial charge in [0.1, 0.15) is 11.3 Å². The van der Waals surface area contributed by atoms with Crippen molar-refractivity contribution in [3.05, 3.63) is 59.2 Å². The average molecular weight is 404 g/mol. The summed E-state index contributed by atoms with van der Waals surface area (Å²) in [4.78, 5) is 15.9. The van der Waals surface area contributed by atoms with Crippen LogP contribution >= 0.6 is 11.3 Å². The largest absolute Gasteiger partial charge is 0.389 e. The highest BCUT2D eigenvalue weighted by atomic mass is 32.1. The van der Waals surface area contributed by atoms with E-state index in [-0.39, 0.29) is 6.61 Å². The molecule has 29 heavy (non-hydrogen) atoms. The Hall–Kier alpha value is -2.87. The van der Waals surface area contributed by atoms with E-state index in [0.717, 1.165) is 59.7 Å². The number of ether oxygens (including phenoxy) is 1. The number of benzene rings is 2. The first-order chi connectivity index (χ1) is 14.3. The number of anilines is 1. The second kappa shape index (κ2) is 7.87. The summed E-state index contributed by atoms with van der Waals surface area (Å²) >= 11 is 1.46. The number of thiazole rings is 1. The van der Waals surface area contributed by atoms with E-state index in [2.05, 4.69) is 50.2 Å². The van der Waals surface area contributed by atoms with Crippen LogP contribution in [0.3, 0.4) is 0 Å². The van der Waals surface area contributed by atoms with Crippen molar-refractivity contribution in [1.82, 2.24) is 15.0 Å². The fourth-order valence-electron chi connectivity index (χ4n) is 3.64. The number of hydrogen-bond acceptors (Lipinski definition) is 7. The Labute approximate surface area is 172 Å². The molecule has 1 N–H and O–H groups in total. The zero-order chi connectivity index (χ0) is 19.6. The standard InChI is InChI=1S/C22H20N4O2S/c27-12-21-25-20(13-29-21)15-2-1-3-16(10-15)22-18-5-4-17(11-19(18)23-14-24-22)26-6-8-28-9-7-26/h1-5,10-11,13-14,27H,6-9,12H2. The van der Waals surface area contributed by atoms with Crippen LogP contribution in [0.1, 0.15) is 5.01 Å². The molecule has 2 aromatic carbocycles. The second-order valence-electron chi connectivity index (χ2n) is 6.89. The van der Waals surface area contributed by atoms with Gasteiger partial charge in [-0.25, -0.2) is 15.0 Å². The Morgan fingerprint density at radius 1 is 1.03 bits per heavy atom. The van der Waals surface area contributed by atoms with Crippen LogP contribution in [0, 0.1) is 0 Å². The number of aliphatic hydroxyl groups excluding tert-OH is 1. The normalized spacial score (nSPS) is 14.4. The van der Waals surface area contributed by atoms with Crippen LogP contribution in [0.4, 0.5) is 5.69 Å². The SMILES string of the molecule is OCc1nc(-c2cccc(-c3ncnc4cc(N5CCOCC5)ccc34)c2)cs1. The predicted octanol–water partition coefficient (Wildman–Crippen LogP) is 3.75. The highest BCUT2D eigenvalue weighted by Gasteiger charge is 2.14. The molecule has 4 aromatic rings. The molecule has 6 nitrogen and oxygen atoms in total. The molecule has 0 amide bonds. The molecule has 1 saturated heterocycles. The minimum Gasteiger partial charge on any atom is -0.389 e. The lowest BCUT2D eigenvalue weighted by atomic mass is 10.0. The molecule has 1 aliphatic heterocycles. The number of nitrogens with zero attached hydrogens (tertiary/aromatic N) is 4. The summed E-state index contributed by atoms with van der Waals surface area (Å²) in [7, 11) is 0. The van der Waals surface area contributed by atoms with Gasteiger partial charge in [0.15, 0.2) is 0 Å². The van der Waals surface area contributed by atoms with Crippen molar-refractivity contribution in [2.24, 2.45) is 0 Å². The third kappa shape index (κ3) is 3.60. The van der Waals surface area contributed by atoms with Crippen molar-refractivity contribution in [3.8, 4) is 22.5 Å². The third-order valence-electron chi connectivity index (χ3n) is 5.12. The van der Waals surface area contributed by atoms with Crippen molar-refractivity contribution >= 4 is 27.9 Å². The highest BCUT2D eigenvalue weighted by Crippen LogP contribution is 2.31. The number of hydrogen-bond donors (Lipinski definition) is 1. The fourth-order valence-corrected chi connectivity index (χ4v) is 4.30. The smallest absolute Gasteiger partial charge is 0.119 e. The quantitative estimate of drug-likeness (QED) is 0.559. The number of morpholine rings is 1. The summed E-state index contributed by atoms with van der Waals surface area (Å²) < 4.78 is 5.46. The molecular formula is C22H20N4O2S. The van der Waals surface area contributed by atoms with E-state index in [0.29, 0.717) is 5.01 Å². The van der Waals surface area contributed by atoms with E-state index in [1.165, 1.54) is 17.0 Å². The summed E-state index contributed by atoms with van der Waals surface area (Å²) in [6.45, 7) is 3.28. The van der Waals surface area contributed by atoms with E-state index in [4.69, 9.17) is 4.74 Å². The number of aliphatic hydroxyl groups is 1. The average Bonchev–Trinajstić information content (AvgIpc) is 3.28. The van der Waals surface area contributed by atoms with Crippen molar-refractivity contribution < 1.29 is 9.84 Å². The van der Waals surface area contributed by atoms with Gasteiger partial charge in [0.2, 0.25) is 0 Å².